The molecule has 0 fully saturated rings. The number of carbonyl (C=O) groups is 1. The van der Waals surface area contributed by atoms with Crippen LogP contribution in [0.5, 0.6) is 0 Å². The van der Waals surface area contributed by atoms with Crippen molar-refractivity contribution in [3.8, 4) is 0 Å². The molecule has 22 heavy (non-hydrogen) atoms. The first-order valence-electron chi connectivity index (χ1n) is 8.54. The van der Waals surface area contributed by atoms with Crippen molar-refractivity contribution in [2.45, 2.75) is 71.0 Å². The fraction of sp³-hybridized carbons (Fsp3) is 0.737. The second-order valence-electron chi connectivity index (χ2n) is 6.63. The Labute approximate surface area is 140 Å². The molecule has 0 spiro atoms. The Morgan fingerprint density at radius 2 is 2.18 bits per heavy atom. The van der Waals surface area contributed by atoms with Crippen molar-refractivity contribution in [3.05, 3.63) is 23.3 Å². The second kappa shape index (κ2) is 9.44. The van der Waals surface area contributed by atoms with Crippen LogP contribution in [0.2, 0.25) is 0 Å². The lowest BCUT2D eigenvalue weighted by molar-refractivity contribution is -0.137. The molecule has 0 heterocycles. The van der Waals surface area contributed by atoms with Gasteiger partial charge in [0.2, 0.25) is 0 Å². The van der Waals surface area contributed by atoms with Gasteiger partial charge < -0.3 is 4.74 Å². The van der Waals surface area contributed by atoms with Crippen LogP contribution in [-0.4, -0.2) is 23.6 Å². The van der Waals surface area contributed by atoms with E-state index in [-0.39, 0.29) is 5.97 Å². The maximum absolute atomic E-state index is 11.5. The number of allylic oxidation sites excluding steroid dienone is 3. The molecule has 1 aliphatic rings. The van der Waals surface area contributed by atoms with E-state index in [1.54, 1.807) is 6.08 Å². The largest absolute Gasteiger partial charge is 0.463 e. The molecule has 0 saturated heterocycles. The van der Waals surface area contributed by atoms with Gasteiger partial charge in [-0.3, -0.25) is 0 Å². The molecule has 2 unspecified atom stereocenters. The van der Waals surface area contributed by atoms with E-state index in [0.29, 0.717) is 17.3 Å². The number of carbonyl (C=O) groups excluding carboxylic acids is 1. The van der Waals surface area contributed by atoms with E-state index in [2.05, 4.69) is 33.1 Å². The molecule has 0 amide bonds. The highest BCUT2D eigenvalue weighted by atomic mass is 32.2. The third-order valence-corrected chi connectivity index (χ3v) is 6.21. The molecule has 2 atom stereocenters. The zero-order valence-electron chi connectivity index (χ0n) is 14.9. The summed E-state index contributed by atoms with van der Waals surface area (Å²) < 4.78 is 5.40. The highest BCUT2D eigenvalue weighted by molar-refractivity contribution is 7.99. The fourth-order valence-corrected chi connectivity index (χ4v) is 3.46. The summed E-state index contributed by atoms with van der Waals surface area (Å²) in [5.41, 5.74) is 2.62. The average Bonchev–Trinajstić information content (AvgIpc) is 2.92. The summed E-state index contributed by atoms with van der Waals surface area (Å²) in [6.07, 6.45) is 13.1. The van der Waals surface area contributed by atoms with Crippen LogP contribution in [0.25, 0.3) is 0 Å². The van der Waals surface area contributed by atoms with Crippen molar-refractivity contribution < 1.29 is 9.53 Å². The van der Waals surface area contributed by atoms with Crippen LogP contribution in [-0.2, 0) is 9.53 Å². The van der Waals surface area contributed by atoms with Crippen LogP contribution in [0.3, 0.4) is 0 Å². The predicted octanol–water partition coefficient (Wildman–Crippen LogP) is 5.53. The Balaban J connectivity index is 2.45. The Morgan fingerprint density at radius 3 is 2.77 bits per heavy atom. The molecule has 126 valence electrons. The van der Waals surface area contributed by atoms with E-state index in [4.69, 9.17) is 4.74 Å². The number of rotatable bonds is 9. The van der Waals surface area contributed by atoms with E-state index < -0.39 is 0 Å². The van der Waals surface area contributed by atoms with E-state index in [1.165, 1.54) is 24.8 Å². The molecule has 0 saturated carbocycles. The molecule has 3 heteroatoms. The van der Waals surface area contributed by atoms with Gasteiger partial charge in [-0.05, 0) is 63.2 Å². The number of esters is 1. The van der Waals surface area contributed by atoms with E-state index in [1.807, 2.05) is 18.7 Å². The molecule has 0 bridgehead atoms. The predicted molar refractivity (Wildman–Crippen MR) is 97.3 cm³/mol. The number of ether oxygens (including phenoxy) is 1. The molecule has 0 radical (unpaired) electrons. The molecule has 0 aliphatic heterocycles. The summed E-state index contributed by atoms with van der Waals surface area (Å²) >= 11 is 1.99. The van der Waals surface area contributed by atoms with Crippen LogP contribution in [0.15, 0.2) is 23.3 Å². The summed E-state index contributed by atoms with van der Waals surface area (Å²) in [5.74, 6) is 0.507. The van der Waals surface area contributed by atoms with Gasteiger partial charge in [0.1, 0.15) is 0 Å². The van der Waals surface area contributed by atoms with E-state index >= 15 is 0 Å². The highest BCUT2D eigenvalue weighted by Crippen LogP contribution is 2.35. The molecule has 0 aromatic rings. The van der Waals surface area contributed by atoms with Crippen molar-refractivity contribution in [3.63, 3.8) is 0 Å². The lowest BCUT2D eigenvalue weighted by Gasteiger charge is -2.27. The molecule has 2 nitrogen and oxygen atoms in total. The van der Waals surface area contributed by atoms with Crippen LogP contribution < -0.4 is 0 Å². The second-order valence-corrected chi connectivity index (χ2v) is 8.02. The van der Waals surface area contributed by atoms with Gasteiger partial charge in [0.05, 0.1) is 6.61 Å². The first kappa shape index (κ1) is 19.3. The third kappa shape index (κ3) is 6.60. The fourth-order valence-electron chi connectivity index (χ4n) is 2.85. The van der Waals surface area contributed by atoms with Crippen molar-refractivity contribution >= 4 is 17.7 Å². The van der Waals surface area contributed by atoms with Crippen LogP contribution in [0.4, 0.5) is 0 Å². The number of thioether (sulfide) groups is 1. The van der Waals surface area contributed by atoms with Crippen molar-refractivity contribution in [2.24, 2.45) is 5.92 Å². The summed E-state index contributed by atoms with van der Waals surface area (Å²) in [4.78, 5) is 11.5. The van der Waals surface area contributed by atoms with Crippen molar-refractivity contribution in [1.82, 2.24) is 0 Å². The minimum Gasteiger partial charge on any atom is -0.463 e. The molecular formula is C19H32O2S. The smallest absolute Gasteiger partial charge is 0.331 e. The standard InChI is InChI=1S/C19H32O2S/c1-6-19(4,22-5)11-10-15(3)12-16-8-9-17(13-16)14-18(20)21-7-2/h13-15H,6-12H2,1-5H3/b17-14+. The van der Waals surface area contributed by atoms with Crippen molar-refractivity contribution in [1.29, 1.82) is 0 Å². The van der Waals surface area contributed by atoms with Crippen molar-refractivity contribution in [2.75, 3.05) is 12.9 Å². The first-order chi connectivity index (χ1) is 10.4. The van der Waals surface area contributed by atoms with Gasteiger partial charge in [-0.1, -0.05) is 32.4 Å². The van der Waals surface area contributed by atoms with Crippen LogP contribution in [0, 0.1) is 5.92 Å². The van der Waals surface area contributed by atoms with Crippen LogP contribution in [0.1, 0.15) is 66.2 Å². The van der Waals surface area contributed by atoms with E-state index in [9.17, 15) is 4.79 Å². The normalized spacial score (nSPS) is 20.6. The number of hydrogen-bond donors (Lipinski definition) is 0. The quantitative estimate of drug-likeness (QED) is 0.412. The maximum Gasteiger partial charge on any atom is 0.331 e. The summed E-state index contributed by atoms with van der Waals surface area (Å²) in [7, 11) is 0. The Morgan fingerprint density at radius 1 is 1.45 bits per heavy atom. The number of hydrogen-bond acceptors (Lipinski definition) is 3. The Bertz CT molecular complexity index is 419. The monoisotopic (exact) mass is 324 g/mol. The lowest BCUT2D eigenvalue weighted by Crippen LogP contribution is -2.19. The van der Waals surface area contributed by atoms with Gasteiger partial charge in [-0.25, -0.2) is 4.79 Å². The van der Waals surface area contributed by atoms with Gasteiger partial charge >= 0.3 is 5.97 Å². The summed E-state index contributed by atoms with van der Waals surface area (Å²) in [5, 5.41) is 0. The van der Waals surface area contributed by atoms with Gasteiger partial charge in [-0.2, -0.15) is 11.8 Å². The lowest BCUT2D eigenvalue weighted by atomic mass is 9.91. The minimum absolute atomic E-state index is 0.207. The maximum atomic E-state index is 11.5. The van der Waals surface area contributed by atoms with Crippen LogP contribution >= 0.6 is 11.8 Å². The first-order valence-corrected chi connectivity index (χ1v) is 9.76. The zero-order chi connectivity index (χ0) is 16.6. The molecule has 0 aromatic carbocycles. The van der Waals surface area contributed by atoms with E-state index in [0.717, 1.165) is 24.8 Å². The Kier molecular flexibility index (Phi) is 8.30. The molecule has 0 aromatic heterocycles. The molecule has 0 N–H and O–H groups in total. The highest BCUT2D eigenvalue weighted by Gasteiger charge is 2.22. The van der Waals surface area contributed by atoms with Gasteiger partial charge in [-0.15, -0.1) is 0 Å². The molecule has 1 aliphatic carbocycles. The topological polar surface area (TPSA) is 26.3 Å². The minimum atomic E-state index is -0.207. The average molecular weight is 325 g/mol. The summed E-state index contributed by atoms with van der Waals surface area (Å²) in [6, 6.07) is 0. The molecular weight excluding hydrogens is 292 g/mol. The van der Waals surface area contributed by atoms with Gasteiger partial charge in [0.25, 0.3) is 0 Å². The summed E-state index contributed by atoms with van der Waals surface area (Å²) in [6.45, 7) is 9.30. The SMILES string of the molecule is CCOC(=O)/C=C1/C=C(CC(C)CCC(C)(CC)SC)CC1. The Hall–Kier alpha value is -0.700. The molecule has 1 rings (SSSR count). The van der Waals surface area contributed by atoms with Gasteiger partial charge in [0, 0.05) is 10.8 Å². The van der Waals surface area contributed by atoms with Gasteiger partial charge in [0.15, 0.2) is 0 Å². The zero-order valence-corrected chi connectivity index (χ0v) is 15.7. The third-order valence-electron chi connectivity index (χ3n) is 4.73.